The molecule has 0 aliphatic heterocycles. The zero-order valence-electron chi connectivity index (χ0n) is 48.0. The van der Waals surface area contributed by atoms with Gasteiger partial charge in [0, 0.05) is 19.3 Å². The Morgan fingerprint density at radius 2 is 0.471 bits per heavy atom. The number of hydrogen-bond donors (Lipinski definition) is 0. The van der Waals surface area contributed by atoms with E-state index in [0.29, 0.717) is 19.3 Å². The third kappa shape index (κ3) is 57.3. The van der Waals surface area contributed by atoms with Crippen molar-refractivity contribution in [3.05, 3.63) is 0 Å². The Bertz CT molecular complexity index is 1060. The third-order valence-electron chi connectivity index (χ3n) is 14.8. The Morgan fingerprint density at radius 3 is 0.700 bits per heavy atom. The Hall–Kier alpha value is -1.59. The predicted octanol–water partition coefficient (Wildman–Crippen LogP) is 21.4. The maximum atomic E-state index is 12.9. The standard InChI is InChI=1S/C64H124O6/c1-5-7-9-11-13-15-17-19-21-22-23-29-33-37-41-45-49-53-57-64(67)70-61(58-68-62(65)55-51-47-43-39-35-31-26-20-18-16-14-12-10-8-6-2)59-69-63(66)56-52-48-44-40-36-32-28-25-24-27-30-34-38-42-46-50-54-60(3)4/h60-61H,5-59H2,1-4H3/t61-/m1/s1. The van der Waals surface area contributed by atoms with E-state index in [1.54, 1.807) is 0 Å². The average molecular weight is 990 g/mol. The van der Waals surface area contributed by atoms with Gasteiger partial charge in [0.15, 0.2) is 6.10 Å². The van der Waals surface area contributed by atoms with Crippen LogP contribution in [0.25, 0.3) is 0 Å². The summed E-state index contributed by atoms with van der Waals surface area (Å²) in [5, 5.41) is 0. The molecule has 0 aliphatic carbocycles. The van der Waals surface area contributed by atoms with Gasteiger partial charge in [-0.15, -0.1) is 0 Å². The first-order valence-corrected chi connectivity index (χ1v) is 31.9. The largest absolute Gasteiger partial charge is 0.462 e. The molecule has 0 aromatic carbocycles. The number of esters is 3. The van der Waals surface area contributed by atoms with Crippen LogP contribution in [0.4, 0.5) is 0 Å². The van der Waals surface area contributed by atoms with Crippen molar-refractivity contribution in [1.29, 1.82) is 0 Å². The Kier molecular flexibility index (Phi) is 57.0. The normalized spacial score (nSPS) is 12.0. The van der Waals surface area contributed by atoms with Crippen LogP contribution >= 0.6 is 0 Å². The number of unbranched alkanes of at least 4 members (excludes halogenated alkanes) is 46. The molecule has 0 heterocycles. The number of carbonyl (C=O) groups is 3. The zero-order valence-corrected chi connectivity index (χ0v) is 48.0. The minimum absolute atomic E-state index is 0.0611. The van der Waals surface area contributed by atoms with Crippen LogP contribution in [0.15, 0.2) is 0 Å². The lowest BCUT2D eigenvalue weighted by atomic mass is 10.0. The molecule has 6 heteroatoms. The minimum Gasteiger partial charge on any atom is -0.462 e. The summed E-state index contributed by atoms with van der Waals surface area (Å²) in [4.78, 5) is 38.3. The molecule has 0 unspecified atom stereocenters. The Labute approximate surface area is 438 Å². The van der Waals surface area contributed by atoms with Crippen molar-refractivity contribution < 1.29 is 28.6 Å². The maximum Gasteiger partial charge on any atom is 0.306 e. The van der Waals surface area contributed by atoms with Crippen LogP contribution in [0, 0.1) is 5.92 Å². The average Bonchev–Trinajstić information content (AvgIpc) is 3.35. The van der Waals surface area contributed by atoms with E-state index < -0.39 is 6.10 Å². The molecule has 0 saturated carbocycles. The van der Waals surface area contributed by atoms with Crippen LogP contribution in [0.5, 0.6) is 0 Å². The van der Waals surface area contributed by atoms with Crippen molar-refractivity contribution in [2.45, 2.75) is 374 Å². The fourth-order valence-electron chi connectivity index (χ4n) is 9.99. The molecule has 0 aromatic heterocycles. The highest BCUT2D eigenvalue weighted by molar-refractivity contribution is 5.71. The van der Waals surface area contributed by atoms with Gasteiger partial charge in [0.1, 0.15) is 13.2 Å². The van der Waals surface area contributed by atoms with Crippen molar-refractivity contribution >= 4 is 17.9 Å². The molecule has 0 spiro atoms. The van der Waals surface area contributed by atoms with E-state index in [9.17, 15) is 14.4 Å². The molecule has 0 saturated heterocycles. The molecule has 1 atom stereocenters. The molecule has 70 heavy (non-hydrogen) atoms. The van der Waals surface area contributed by atoms with Gasteiger partial charge in [0.25, 0.3) is 0 Å². The lowest BCUT2D eigenvalue weighted by Gasteiger charge is -2.18. The van der Waals surface area contributed by atoms with Crippen LogP contribution in [-0.4, -0.2) is 37.2 Å². The summed E-state index contributed by atoms with van der Waals surface area (Å²) in [5.74, 6) is 0.0258. The van der Waals surface area contributed by atoms with Gasteiger partial charge < -0.3 is 14.2 Å². The Balaban J connectivity index is 4.28. The smallest absolute Gasteiger partial charge is 0.306 e. The second-order valence-corrected chi connectivity index (χ2v) is 22.5. The SMILES string of the molecule is CCCCCCCCCCCCCCCCCCCCC(=O)O[C@H](COC(=O)CCCCCCCCCCCCCCCCC)COC(=O)CCCCCCCCCCCCCCCCCCC(C)C. The summed E-state index contributed by atoms with van der Waals surface area (Å²) in [6.45, 7) is 9.10. The highest BCUT2D eigenvalue weighted by atomic mass is 16.6. The summed E-state index contributed by atoms with van der Waals surface area (Å²) >= 11 is 0. The first-order valence-electron chi connectivity index (χ1n) is 31.9. The second kappa shape index (κ2) is 58.3. The molecule has 0 amide bonds. The molecule has 0 rings (SSSR count). The summed E-state index contributed by atoms with van der Waals surface area (Å²) in [6.07, 6.45) is 65.3. The fraction of sp³-hybridized carbons (Fsp3) is 0.953. The molecule has 0 bridgehead atoms. The van der Waals surface area contributed by atoms with Gasteiger partial charge in [-0.25, -0.2) is 0 Å². The first-order chi connectivity index (χ1) is 34.4. The van der Waals surface area contributed by atoms with Crippen LogP contribution in [-0.2, 0) is 28.6 Å². The van der Waals surface area contributed by atoms with Gasteiger partial charge in [-0.3, -0.25) is 14.4 Å². The zero-order chi connectivity index (χ0) is 50.9. The van der Waals surface area contributed by atoms with Gasteiger partial charge in [0.05, 0.1) is 0 Å². The van der Waals surface area contributed by atoms with Crippen LogP contribution in [0.2, 0.25) is 0 Å². The van der Waals surface area contributed by atoms with Crippen molar-refractivity contribution in [3.63, 3.8) is 0 Å². The number of hydrogen-bond acceptors (Lipinski definition) is 6. The van der Waals surface area contributed by atoms with Crippen molar-refractivity contribution in [3.8, 4) is 0 Å². The maximum absolute atomic E-state index is 12.9. The summed E-state index contributed by atoms with van der Waals surface area (Å²) < 4.78 is 17.0. The first kappa shape index (κ1) is 68.4. The van der Waals surface area contributed by atoms with Gasteiger partial charge in [0.2, 0.25) is 0 Å². The van der Waals surface area contributed by atoms with E-state index in [1.807, 2.05) is 0 Å². The topological polar surface area (TPSA) is 78.9 Å². The van der Waals surface area contributed by atoms with Crippen LogP contribution in [0.1, 0.15) is 368 Å². The second-order valence-electron chi connectivity index (χ2n) is 22.5. The molecule has 6 nitrogen and oxygen atoms in total. The van der Waals surface area contributed by atoms with Gasteiger partial charge in [-0.05, 0) is 25.2 Å². The lowest BCUT2D eigenvalue weighted by molar-refractivity contribution is -0.167. The number of carbonyl (C=O) groups excluding carboxylic acids is 3. The Morgan fingerprint density at radius 1 is 0.271 bits per heavy atom. The van der Waals surface area contributed by atoms with Gasteiger partial charge >= 0.3 is 17.9 Å². The van der Waals surface area contributed by atoms with E-state index >= 15 is 0 Å². The molecular formula is C64H124O6. The van der Waals surface area contributed by atoms with E-state index in [4.69, 9.17) is 14.2 Å². The van der Waals surface area contributed by atoms with Crippen LogP contribution in [0.3, 0.4) is 0 Å². The highest BCUT2D eigenvalue weighted by Gasteiger charge is 2.19. The molecule has 0 radical (unpaired) electrons. The van der Waals surface area contributed by atoms with Crippen molar-refractivity contribution in [2.24, 2.45) is 5.92 Å². The monoisotopic (exact) mass is 989 g/mol. The molecule has 0 aromatic rings. The number of ether oxygens (including phenoxy) is 3. The van der Waals surface area contributed by atoms with Crippen molar-refractivity contribution in [1.82, 2.24) is 0 Å². The van der Waals surface area contributed by atoms with E-state index in [1.165, 1.54) is 263 Å². The predicted molar refractivity (Wildman–Crippen MR) is 303 cm³/mol. The van der Waals surface area contributed by atoms with E-state index in [2.05, 4.69) is 27.7 Å². The molecule has 0 fully saturated rings. The summed E-state index contributed by atoms with van der Waals surface area (Å²) in [7, 11) is 0. The highest BCUT2D eigenvalue weighted by Crippen LogP contribution is 2.19. The van der Waals surface area contributed by atoms with Gasteiger partial charge in [-0.2, -0.15) is 0 Å². The van der Waals surface area contributed by atoms with E-state index in [0.717, 1.165) is 63.7 Å². The minimum atomic E-state index is -0.763. The molecule has 0 aliphatic rings. The van der Waals surface area contributed by atoms with Crippen LogP contribution < -0.4 is 0 Å². The fourth-order valence-corrected chi connectivity index (χ4v) is 9.99. The molecule has 0 N–H and O–H groups in total. The summed E-state index contributed by atoms with van der Waals surface area (Å²) in [6, 6.07) is 0. The molecular weight excluding hydrogens is 865 g/mol. The third-order valence-corrected chi connectivity index (χ3v) is 14.8. The summed E-state index contributed by atoms with van der Waals surface area (Å²) in [5.41, 5.74) is 0. The number of rotatable bonds is 59. The quantitative estimate of drug-likeness (QED) is 0.0343. The van der Waals surface area contributed by atoms with Gasteiger partial charge in [-0.1, -0.05) is 329 Å². The molecule has 416 valence electrons. The van der Waals surface area contributed by atoms with Crippen molar-refractivity contribution in [2.75, 3.05) is 13.2 Å². The lowest BCUT2D eigenvalue weighted by Crippen LogP contribution is -2.30. The van der Waals surface area contributed by atoms with E-state index in [-0.39, 0.29) is 31.1 Å².